The molecule has 0 radical (unpaired) electrons. The number of fused-ring (bicyclic) bond motifs is 1. The van der Waals surface area contributed by atoms with Gasteiger partial charge in [0.15, 0.2) is 11.3 Å². The van der Waals surface area contributed by atoms with Crippen LogP contribution in [0.4, 0.5) is 14.5 Å². The molecule has 2 aliphatic heterocycles. The van der Waals surface area contributed by atoms with Gasteiger partial charge in [0.05, 0.1) is 22.5 Å². The topological polar surface area (TPSA) is 74.5 Å². The number of anilines is 1. The largest absolute Gasteiger partial charge is 0.477 e. The van der Waals surface area contributed by atoms with Gasteiger partial charge in [-0.05, 0) is 62.4 Å². The minimum Gasteiger partial charge on any atom is -0.477 e. The Morgan fingerprint density at radius 2 is 1.77 bits per heavy atom. The first-order valence-corrected chi connectivity index (χ1v) is 12.5. The van der Waals surface area contributed by atoms with Crippen molar-refractivity contribution in [3.8, 4) is 5.69 Å². The van der Waals surface area contributed by atoms with Crippen LogP contribution in [0.15, 0.2) is 30.3 Å². The first-order chi connectivity index (χ1) is 17.0. The lowest BCUT2D eigenvalue weighted by Crippen LogP contribution is -2.44. The van der Waals surface area contributed by atoms with E-state index in [9.17, 15) is 18.7 Å². The Morgan fingerprint density at radius 1 is 1.03 bits per heavy atom. The van der Waals surface area contributed by atoms with Crippen LogP contribution >= 0.6 is 0 Å². The van der Waals surface area contributed by atoms with Crippen molar-refractivity contribution in [2.45, 2.75) is 56.7 Å². The van der Waals surface area contributed by atoms with Gasteiger partial charge in [-0.2, -0.15) is 5.10 Å². The molecule has 3 aliphatic rings. The smallest absolute Gasteiger partial charge is 0.354 e. The van der Waals surface area contributed by atoms with Crippen LogP contribution in [-0.4, -0.2) is 69.1 Å². The molecule has 1 saturated carbocycles. The molecule has 0 bridgehead atoms. The van der Waals surface area contributed by atoms with Crippen LogP contribution < -0.4 is 4.90 Å². The lowest BCUT2D eigenvalue weighted by Gasteiger charge is -2.38. The Labute approximate surface area is 202 Å². The molecule has 2 saturated heterocycles. The predicted molar refractivity (Wildman–Crippen MR) is 129 cm³/mol. The van der Waals surface area contributed by atoms with E-state index in [1.54, 1.807) is 22.9 Å². The first-order valence-electron chi connectivity index (χ1n) is 12.5. The van der Waals surface area contributed by atoms with Gasteiger partial charge in [-0.3, -0.25) is 4.90 Å². The van der Waals surface area contributed by atoms with Crippen molar-refractivity contribution in [2.75, 3.05) is 31.1 Å². The Morgan fingerprint density at radius 3 is 2.37 bits per heavy atom. The van der Waals surface area contributed by atoms with E-state index in [0.29, 0.717) is 36.3 Å². The van der Waals surface area contributed by atoms with E-state index in [1.807, 2.05) is 0 Å². The first kappa shape index (κ1) is 22.4. The molecule has 35 heavy (non-hydrogen) atoms. The molecule has 184 valence electrons. The number of carboxylic acid groups (broad SMARTS) is 1. The fraction of sp³-hybridized carbons (Fsp3) is 0.500. The van der Waals surface area contributed by atoms with Crippen LogP contribution in [0.2, 0.25) is 0 Å². The van der Waals surface area contributed by atoms with Crippen LogP contribution in [-0.2, 0) is 0 Å². The monoisotopic (exact) mass is 481 g/mol. The molecule has 1 N–H and O–H groups in total. The van der Waals surface area contributed by atoms with E-state index >= 15 is 0 Å². The number of pyridine rings is 1. The van der Waals surface area contributed by atoms with Gasteiger partial charge in [0.1, 0.15) is 12.0 Å². The van der Waals surface area contributed by atoms with Crippen LogP contribution in [0.5, 0.6) is 0 Å². The number of aromatic nitrogens is 3. The highest BCUT2D eigenvalue weighted by Crippen LogP contribution is 2.43. The number of alkyl halides is 1. The highest BCUT2D eigenvalue weighted by atomic mass is 19.1. The summed E-state index contributed by atoms with van der Waals surface area (Å²) in [5.74, 6) is -1.13. The fourth-order valence-electron chi connectivity index (χ4n) is 5.76. The van der Waals surface area contributed by atoms with Crippen LogP contribution in [0.1, 0.15) is 60.6 Å². The lowest BCUT2D eigenvalue weighted by molar-refractivity contribution is 0.0691. The number of nitrogens with zero attached hydrogens (tertiary/aromatic N) is 5. The molecule has 3 aromatic rings. The second kappa shape index (κ2) is 8.86. The summed E-state index contributed by atoms with van der Waals surface area (Å²) in [6.07, 6.45) is 4.92. The highest BCUT2D eigenvalue weighted by molar-refractivity contribution is 5.98. The zero-order valence-corrected chi connectivity index (χ0v) is 19.5. The van der Waals surface area contributed by atoms with Crippen molar-refractivity contribution in [3.05, 3.63) is 47.5 Å². The summed E-state index contributed by atoms with van der Waals surface area (Å²) in [6, 6.07) is 8.06. The summed E-state index contributed by atoms with van der Waals surface area (Å²) in [5, 5.41) is 15.7. The van der Waals surface area contributed by atoms with Crippen molar-refractivity contribution < 1.29 is 18.7 Å². The molecule has 2 aromatic heterocycles. The number of piperidine rings is 1. The quantitative estimate of drug-likeness (QED) is 0.577. The summed E-state index contributed by atoms with van der Waals surface area (Å²) >= 11 is 0. The number of carbonyl (C=O) groups is 1. The summed E-state index contributed by atoms with van der Waals surface area (Å²) in [7, 11) is 0. The molecule has 0 amide bonds. The molecule has 3 fully saturated rings. The van der Waals surface area contributed by atoms with Crippen LogP contribution in [0, 0.1) is 5.82 Å². The number of hydrogen-bond acceptors (Lipinski definition) is 5. The average molecular weight is 482 g/mol. The second-order valence-corrected chi connectivity index (χ2v) is 10.0. The van der Waals surface area contributed by atoms with Gasteiger partial charge < -0.3 is 10.0 Å². The summed E-state index contributed by atoms with van der Waals surface area (Å²) < 4.78 is 29.0. The third-order valence-electron chi connectivity index (χ3n) is 7.91. The normalized spacial score (nSPS) is 22.1. The molecule has 1 aromatic carbocycles. The maximum absolute atomic E-state index is 13.7. The Hall–Kier alpha value is -3.07. The SMILES string of the molecule is O=C(O)c1cc(N2CCC(N3CCC(F)C3)CC2)c2c(C3CCC3)nn(-c3ccc(F)cc3)c2n1. The fourth-order valence-corrected chi connectivity index (χ4v) is 5.76. The van der Waals surface area contributed by atoms with Crippen LogP contribution in [0.3, 0.4) is 0 Å². The Bertz CT molecular complexity index is 1250. The van der Waals surface area contributed by atoms with Crippen LogP contribution in [0.25, 0.3) is 16.7 Å². The van der Waals surface area contributed by atoms with Gasteiger partial charge in [-0.25, -0.2) is 23.2 Å². The molecule has 1 atom stereocenters. The Kier molecular flexibility index (Phi) is 5.67. The maximum atomic E-state index is 13.7. The molecule has 9 heteroatoms. The predicted octanol–water partition coefficient (Wildman–Crippen LogP) is 4.54. The third kappa shape index (κ3) is 4.05. The highest BCUT2D eigenvalue weighted by Gasteiger charge is 2.34. The van der Waals surface area contributed by atoms with E-state index in [-0.39, 0.29) is 11.5 Å². The minimum atomic E-state index is -1.09. The van der Waals surface area contributed by atoms with Gasteiger partial charge in [0.25, 0.3) is 0 Å². The van der Waals surface area contributed by atoms with E-state index < -0.39 is 12.1 Å². The molecule has 0 spiro atoms. The molecule has 7 nitrogen and oxygen atoms in total. The number of benzene rings is 1. The van der Waals surface area contributed by atoms with E-state index in [2.05, 4.69) is 14.8 Å². The van der Waals surface area contributed by atoms with E-state index in [4.69, 9.17) is 5.10 Å². The summed E-state index contributed by atoms with van der Waals surface area (Å²) in [4.78, 5) is 21.0. The third-order valence-corrected chi connectivity index (χ3v) is 7.91. The standard InChI is InChI=1S/C26H29F2N5O2/c27-17-4-6-20(7-5-17)33-25-23(24(30-33)16-2-1-3-16)22(14-21(29-25)26(34)35)31-12-9-19(10-13-31)32-11-8-18(28)15-32/h4-7,14,16,18-19H,1-3,8-13,15H2,(H,34,35). The number of hydrogen-bond donors (Lipinski definition) is 1. The van der Waals surface area contributed by atoms with Crippen molar-refractivity contribution in [1.82, 2.24) is 19.7 Å². The van der Waals surface area contributed by atoms with Gasteiger partial charge in [0, 0.05) is 38.1 Å². The number of likely N-dealkylation sites (tertiary alicyclic amines) is 1. The van der Waals surface area contributed by atoms with Crippen molar-refractivity contribution >= 4 is 22.7 Å². The molecule has 1 unspecified atom stereocenters. The molecular weight excluding hydrogens is 452 g/mol. The number of halogens is 2. The van der Waals surface area contributed by atoms with E-state index in [1.165, 1.54) is 12.1 Å². The van der Waals surface area contributed by atoms with Gasteiger partial charge in [0.2, 0.25) is 0 Å². The number of rotatable bonds is 5. The second-order valence-electron chi connectivity index (χ2n) is 10.0. The molecule has 6 rings (SSSR count). The van der Waals surface area contributed by atoms with Crippen molar-refractivity contribution in [3.63, 3.8) is 0 Å². The molecule has 4 heterocycles. The summed E-state index contributed by atoms with van der Waals surface area (Å²) in [5.41, 5.74) is 2.91. The molecular formula is C26H29F2N5O2. The van der Waals surface area contributed by atoms with Gasteiger partial charge in [-0.1, -0.05) is 6.42 Å². The lowest BCUT2D eigenvalue weighted by atomic mass is 9.82. The van der Waals surface area contributed by atoms with E-state index in [0.717, 1.165) is 68.5 Å². The minimum absolute atomic E-state index is 0.0298. The maximum Gasteiger partial charge on any atom is 0.354 e. The Balaban J connectivity index is 1.42. The average Bonchev–Trinajstić information content (AvgIpc) is 3.42. The van der Waals surface area contributed by atoms with Crippen molar-refractivity contribution in [2.24, 2.45) is 0 Å². The van der Waals surface area contributed by atoms with Gasteiger partial charge >= 0.3 is 5.97 Å². The zero-order chi connectivity index (χ0) is 24.1. The molecule has 1 aliphatic carbocycles. The number of aromatic carboxylic acids is 1. The summed E-state index contributed by atoms with van der Waals surface area (Å²) in [6.45, 7) is 2.86. The van der Waals surface area contributed by atoms with Gasteiger partial charge in [-0.15, -0.1) is 0 Å². The number of carboxylic acids is 1. The van der Waals surface area contributed by atoms with Crippen molar-refractivity contribution in [1.29, 1.82) is 0 Å². The zero-order valence-electron chi connectivity index (χ0n) is 19.5.